The average molecular weight is 271 g/mol. The van der Waals surface area contributed by atoms with Gasteiger partial charge in [0.15, 0.2) is 0 Å². The molecule has 0 spiro atoms. The maximum atomic E-state index is 13.2. The summed E-state index contributed by atoms with van der Waals surface area (Å²) in [5, 5.41) is 20.7. The molecule has 0 saturated heterocycles. The van der Waals surface area contributed by atoms with Crippen LogP contribution in [0.4, 0.5) is 21.5 Å². The monoisotopic (exact) mass is 271 g/mol. The van der Waals surface area contributed by atoms with Crippen LogP contribution < -0.4 is 11.1 Å². The summed E-state index contributed by atoms with van der Waals surface area (Å²) in [6.07, 6.45) is 0. The van der Waals surface area contributed by atoms with E-state index in [1.807, 2.05) is 0 Å². The minimum atomic E-state index is -1.12. The maximum absolute atomic E-state index is 13.2. The number of hydrogen-bond acceptors (Lipinski definition) is 4. The van der Waals surface area contributed by atoms with Crippen molar-refractivity contribution in [3.05, 3.63) is 53.3 Å². The van der Waals surface area contributed by atoms with Crippen molar-refractivity contribution in [2.24, 2.45) is 0 Å². The predicted molar refractivity (Wildman–Crippen MR) is 72.2 cm³/mol. The van der Waals surface area contributed by atoms with Crippen LogP contribution in [0.2, 0.25) is 0 Å². The van der Waals surface area contributed by atoms with Gasteiger partial charge >= 0.3 is 5.97 Å². The van der Waals surface area contributed by atoms with E-state index in [2.05, 4.69) is 5.32 Å². The summed E-state index contributed by atoms with van der Waals surface area (Å²) in [5.74, 6) is -1.75. The summed E-state index contributed by atoms with van der Waals surface area (Å²) in [7, 11) is 0. The van der Waals surface area contributed by atoms with Gasteiger partial charge in [-0.2, -0.15) is 5.26 Å². The van der Waals surface area contributed by atoms with Crippen LogP contribution in [0, 0.1) is 17.1 Å². The van der Waals surface area contributed by atoms with Gasteiger partial charge in [-0.15, -0.1) is 0 Å². The lowest BCUT2D eigenvalue weighted by atomic mass is 10.1. The molecule has 2 aromatic carbocycles. The SMILES string of the molecule is N#Cc1cc(Nc2cc(N)ccc2C(=O)O)ccc1F. The van der Waals surface area contributed by atoms with E-state index in [9.17, 15) is 9.18 Å². The second-order valence-corrected chi connectivity index (χ2v) is 4.04. The highest BCUT2D eigenvalue weighted by molar-refractivity contribution is 5.96. The molecule has 0 fully saturated rings. The molecule has 0 unspecified atom stereocenters. The third-order valence-corrected chi connectivity index (χ3v) is 2.64. The molecule has 0 aliphatic rings. The van der Waals surface area contributed by atoms with Gasteiger partial charge in [0.1, 0.15) is 11.9 Å². The van der Waals surface area contributed by atoms with E-state index in [0.29, 0.717) is 11.4 Å². The van der Waals surface area contributed by atoms with E-state index in [4.69, 9.17) is 16.1 Å². The number of carboxylic acid groups (broad SMARTS) is 1. The second-order valence-electron chi connectivity index (χ2n) is 4.04. The van der Waals surface area contributed by atoms with E-state index < -0.39 is 11.8 Å². The molecule has 2 rings (SSSR count). The Labute approximate surface area is 114 Å². The van der Waals surface area contributed by atoms with Crippen molar-refractivity contribution < 1.29 is 14.3 Å². The number of halogens is 1. The van der Waals surface area contributed by atoms with Gasteiger partial charge in [0.25, 0.3) is 0 Å². The Morgan fingerprint density at radius 1 is 1.30 bits per heavy atom. The van der Waals surface area contributed by atoms with Crippen molar-refractivity contribution >= 4 is 23.0 Å². The van der Waals surface area contributed by atoms with E-state index in [0.717, 1.165) is 6.07 Å². The number of anilines is 3. The van der Waals surface area contributed by atoms with Crippen molar-refractivity contribution in [2.75, 3.05) is 11.1 Å². The molecule has 0 bridgehead atoms. The van der Waals surface area contributed by atoms with Crippen molar-refractivity contribution in [3.63, 3.8) is 0 Å². The van der Waals surface area contributed by atoms with Crippen LogP contribution in [0.1, 0.15) is 15.9 Å². The molecule has 100 valence electrons. The first-order valence-electron chi connectivity index (χ1n) is 5.61. The topological polar surface area (TPSA) is 99.1 Å². The number of nitrogen functional groups attached to an aromatic ring is 1. The molecule has 20 heavy (non-hydrogen) atoms. The molecule has 5 nitrogen and oxygen atoms in total. The molecule has 6 heteroatoms. The number of nitrogens with two attached hydrogens (primary N) is 1. The highest BCUT2D eigenvalue weighted by atomic mass is 19.1. The van der Waals surface area contributed by atoms with Crippen molar-refractivity contribution in [1.29, 1.82) is 5.26 Å². The number of rotatable bonds is 3. The number of carboxylic acids is 1. The van der Waals surface area contributed by atoms with Crippen molar-refractivity contribution in [1.82, 2.24) is 0 Å². The number of aromatic carboxylic acids is 1. The molecule has 0 aliphatic heterocycles. The van der Waals surface area contributed by atoms with Crippen LogP contribution >= 0.6 is 0 Å². The van der Waals surface area contributed by atoms with Crippen LogP contribution in [-0.4, -0.2) is 11.1 Å². The first-order chi connectivity index (χ1) is 9.51. The van der Waals surface area contributed by atoms with E-state index in [1.165, 1.54) is 30.3 Å². The second kappa shape index (κ2) is 5.28. The molecular weight excluding hydrogens is 261 g/mol. The largest absolute Gasteiger partial charge is 0.478 e. The summed E-state index contributed by atoms with van der Waals surface area (Å²) >= 11 is 0. The van der Waals surface area contributed by atoms with Gasteiger partial charge in [0.05, 0.1) is 16.8 Å². The Morgan fingerprint density at radius 3 is 2.70 bits per heavy atom. The summed E-state index contributed by atoms with van der Waals surface area (Å²) in [6.45, 7) is 0. The fraction of sp³-hybridized carbons (Fsp3) is 0. The number of carbonyl (C=O) groups is 1. The van der Waals surface area contributed by atoms with Gasteiger partial charge in [-0.25, -0.2) is 9.18 Å². The Morgan fingerprint density at radius 2 is 2.05 bits per heavy atom. The minimum absolute atomic E-state index is 0.0297. The maximum Gasteiger partial charge on any atom is 0.337 e. The fourth-order valence-electron chi connectivity index (χ4n) is 1.70. The third-order valence-electron chi connectivity index (χ3n) is 2.64. The summed E-state index contributed by atoms with van der Waals surface area (Å²) in [5.41, 5.74) is 6.58. The molecule has 2 aromatic rings. The van der Waals surface area contributed by atoms with Gasteiger partial charge < -0.3 is 16.2 Å². The lowest BCUT2D eigenvalue weighted by Gasteiger charge is -2.11. The normalized spacial score (nSPS) is 9.80. The summed E-state index contributed by atoms with van der Waals surface area (Å²) < 4.78 is 13.2. The Balaban J connectivity index is 2.42. The first kappa shape index (κ1) is 13.4. The predicted octanol–water partition coefficient (Wildman–Crippen LogP) is 2.72. The zero-order chi connectivity index (χ0) is 14.7. The van der Waals surface area contributed by atoms with E-state index >= 15 is 0 Å². The Hall–Kier alpha value is -3.07. The molecule has 0 radical (unpaired) electrons. The van der Waals surface area contributed by atoms with E-state index in [-0.39, 0.29) is 16.8 Å². The van der Waals surface area contributed by atoms with Crippen LogP contribution in [-0.2, 0) is 0 Å². The fourth-order valence-corrected chi connectivity index (χ4v) is 1.70. The number of nitriles is 1. The Kier molecular flexibility index (Phi) is 3.53. The van der Waals surface area contributed by atoms with Gasteiger partial charge in [-0.1, -0.05) is 0 Å². The van der Waals surface area contributed by atoms with Gasteiger partial charge in [-0.05, 0) is 36.4 Å². The number of nitrogens with one attached hydrogen (secondary N) is 1. The smallest absolute Gasteiger partial charge is 0.337 e. The zero-order valence-electron chi connectivity index (χ0n) is 10.2. The van der Waals surface area contributed by atoms with E-state index in [1.54, 1.807) is 6.07 Å². The molecule has 0 heterocycles. The zero-order valence-corrected chi connectivity index (χ0v) is 10.2. The molecule has 0 amide bonds. The van der Waals surface area contributed by atoms with Crippen LogP contribution in [0.5, 0.6) is 0 Å². The van der Waals surface area contributed by atoms with Crippen LogP contribution in [0.3, 0.4) is 0 Å². The highest BCUT2D eigenvalue weighted by Crippen LogP contribution is 2.24. The molecule has 0 atom stereocenters. The van der Waals surface area contributed by atoms with Crippen LogP contribution in [0.25, 0.3) is 0 Å². The van der Waals surface area contributed by atoms with Crippen LogP contribution in [0.15, 0.2) is 36.4 Å². The quantitative estimate of drug-likeness (QED) is 0.745. The molecule has 0 aliphatic carbocycles. The molecule has 0 aromatic heterocycles. The Bertz CT molecular complexity index is 723. The number of nitrogens with zero attached hydrogens (tertiary/aromatic N) is 1. The third kappa shape index (κ3) is 2.67. The van der Waals surface area contributed by atoms with Gasteiger partial charge in [0, 0.05) is 11.4 Å². The van der Waals surface area contributed by atoms with Crippen molar-refractivity contribution in [3.8, 4) is 6.07 Å². The molecule has 0 saturated carbocycles. The van der Waals surface area contributed by atoms with Crippen molar-refractivity contribution in [2.45, 2.75) is 0 Å². The van der Waals surface area contributed by atoms with Gasteiger partial charge in [0.2, 0.25) is 0 Å². The molecular formula is C14H10FN3O2. The van der Waals surface area contributed by atoms with Gasteiger partial charge in [-0.3, -0.25) is 0 Å². The summed E-state index contributed by atoms with van der Waals surface area (Å²) in [6, 6.07) is 9.85. The lowest BCUT2D eigenvalue weighted by molar-refractivity contribution is 0.0698. The minimum Gasteiger partial charge on any atom is -0.478 e. The number of hydrogen-bond donors (Lipinski definition) is 3. The molecule has 4 N–H and O–H groups in total. The lowest BCUT2D eigenvalue weighted by Crippen LogP contribution is -2.04. The first-order valence-corrected chi connectivity index (χ1v) is 5.61. The standard InChI is InChI=1S/C14H10FN3O2/c15-12-4-2-10(5-8(12)7-16)18-13-6-9(17)1-3-11(13)14(19)20/h1-6,18H,17H2,(H,19,20). The average Bonchev–Trinajstić information content (AvgIpc) is 2.40. The highest BCUT2D eigenvalue weighted by Gasteiger charge is 2.11. The summed E-state index contributed by atoms with van der Waals surface area (Å²) in [4.78, 5) is 11.1. The number of benzene rings is 2.